The Labute approximate surface area is 128 Å². The second kappa shape index (κ2) is 6.60. The molecule has 0 bridgehead atoms. The Kier molecular flexibility index (Phi) is 4.37. The molecule has 1 fully saturated rings. The van der Waals surface area contributed by atoms with Crippen LogP contribution in [0.15, 0.2) is 36.5 Å². The standard InChI is InChI=1S/C16H18FN3O2/c17-13-3-5-14(6-4-13)22-11-16(21)20-9-1-2-12(10-20)15-7-8-18-19-15/h3-8,12H,1-2,9-11H2,(H,18,19)/t12-/m0/s1. The molecule has 116 valence electrons. The molecule has 0 aliphatic carbocycles. The average molecular weight is 303 g/mol. The fraction of sp³-hybridized carbons (Fsp3) is 0.375. The number of likely N-dealkylation sites (tertiary alicyclic amines) is 1. The first kappa shape index (κ1) is 14.6. The van der Waals surface area contributed by atoms with Crippen molar-refractivity contribution in [1.82, 2.24) is 15.1 Å². The number of aromatic amines is 1. The predicted molar refractivity (Wildman–Crippen MR) is 79.0 cm³/mol. The smallest absolute Gasteiger partial charge is 0.260 e. The van der Waals surface area contributed by atoms with Crippen molar-refractivity contribution in [2.75, 3.05) is 19.7 Å². The first-order valence-electron chi connectivity index (χ1n) is 7.38. The van der Waals surface area contributed by atoms with Crippen molar-refractivity contribution in [1.29, 1.82) is 0 Å². The average Bonchev–Trinajstić information content (AvgIpc) is 3.09. The first-order valence-corrected chi connectivity index (χ1v) is 7.38. The van der Waals surface area contributed by atoms with E-state index in [-0.39, 0.29) is 18.3 Å². The first-order chi connectivity index (χ1) is 10.7. The quantitative estimate of drug-likeness (QED) is 0.943. The van der Waals surface area contributed by atoms with E-state index >= 15 is 0 Å². The number of carbonyl (C=O) groups excluding carboxylic acids is 1. The van der Waals surface area contributed by atoms with E-state index in [0.29, 0.717) is 18.2 Å². The third kappa shape index (κ3) is 3.44. The predicted octanol–water partition coefficient (Wildman–Crippen LogP) is 2.33. The Morgan fingerprint density at radius 2 is 2.18 bits per heavy atom. The normalized spacial score (nSPS) is 18.2. The molecule has 0 unspecified atom stereocenters. The van der Waals surface area contributed by atoms with Crippen molar-refractivity contribution in [3.05, 3.63) is 48.0 Å². The zero-order valence-corrected chi connectivity index (χ0v) is 12.2. The number of nitrogens with one attached hydrogen (secondary N) is 1. The molecule has 0 radical (unpaired) electrons. The number of H-pyrrole nitrogens is 1. The zero-order valence-electron chi connectivity index (χ0n) is 12.2. The van der Waals surface area contributed by atoms with Crippen molar-refractivity contribution in [3.8, 4) is 5.75 Å². The van der Waals surface area contributed by atoms with Gasteiger partial charge in [0.15, 0.2) is 6.61 Å². The Bertz CT molecular complexity index is 613. The molecule has 1 aromatic heterocycles. The molecular weight excluding hydrogens is 285 g/mol. The number of nitrogens with zero attached hydrogens (tertiary/aromatic N) is 2. The van der Waals surface area contributed by atoms with Crippen molar-refractivity contribution in [3.63, 3.8) is 0 Å². The summed E-state index contributed by atoms with van der Waals surface area (Å²) in [7, 11) is 0. The van der Waals surface area contributed by atoms with Crippen LogP contribution in [-0.2, 0) is 4.79 Å². The lowest BCUT2D eigenvalue weighted by molar-refractivity contribution is -0.134. The number of carbonyl (C=O) groups is 1. The van der Waals surface area contributed by atoms with Crippen LogP contribution in [0.1, 0.15) is 24.5 Å². The van der Waals surface area contributed by atoms with E-state index < -0.39 is 0 Å². The topological polar surface area (TPSA) is 58.2 Å². The van der Waals surface area contributed by atoms with E-state index in [1.165, 1.54) is 24.3 Å². The summed E-state index contributed by atoms with van der Waals surface area (Å²) in [5, 5.41) is 6.94. The monoisotopic (exact) mass is 303 g/mol. The van der Waals surface area contributed by atoms with Gasteiger partial charge in [-0.15, -0.1) is 0 Å². The summed E-state index contributed by atoms with van der Waals surface area (Å²) >= 11 is 0. The van der Waals surface area contributed by atoms with Gasteiger partial charge in [-0.25, -0.2) is 4.39 Å². The molecule has 1 N–H and O–H groups in total. The fourth-order valence-corrected chi connectivity index (χ4v) is 2.72. The van der Waals surface area contributed by atoms with Crippen molar-refractivity contribution < 1.29 is 13.9 Å². The molecule has 1 aromatic carbocycles. The molecule has 0 saturated carbocycles. The van der Waals surface area contributed by atoms with E-state index in [2.05, 4.69) is 10.2 Å². The molecule has 2 aromatic rings. The highest BCUT2D eigenvalue weighted by Crippen LogP contribution is 2.25. The summed E-state index contributed by atoms with van der Waals surface area (Å²) in [6, 6.07) is 7.62. The number of halogens is 1. The third-order valence-electron chi connectivity index (χ3n) is 3.91. The SMILES string of the molecule is O=C(COc1ccc(F)cc1)N1CCC[C@H](c2ccn[nH]2)C1. The zero-order chi connectivity index (χ0) is 15.4. The highest BCUT2D eigenvalue weighted by atomic mass is 19.1. The van der Waals surface area contributed by atoms with Gasteiger partial charge in [0.05, 0.1) is 0 Å². The molecule has 1 amide bonds. The van der Waals surface area contributed by atoms with Gasteiger partial charge in [0, 0.05) is 30.9 Å². The van der Waals surface area contributed by atoms with Gasteiger partial charge in [0.2, 0.25) is 0 Å². The Morgan fingerprint density at radius 3 is 2.91 bits per heavy atom. The summed E-state index contributed by atoms with van der Waals surface area (Å²) in [5.74, 6) is 0.425. The number of amides is 1. The Hall–Kier alpha value is -2.37. The maximum absolute atomic E-state index is 12.8. The molecule has 3 rings (SSSR count). The lowest BCUT2D eigenvalue weighted by Gasteiger charge is -2.32. The van der Waals surface area contributed by atoms with Gasteiger partial charge in [-0.2, -0.15) is 5.10 Å². The molecule has 0 spiro atoms. The Balaban J connectivity index is 1.54. The van der Waals surface area contributed by atoms with Gasteiger partial charge in [-0.1, -0.05) is 0 Å². The molecule has 6 heteroatoms. The van der Waals surface area contributed by atoms with E-state index in [0.717, 1.165) is 25.1 Å². The second-order valence-electron chi connectivity index (χ2n) is 5.43. The van der Waals surface area contributed by atoms with Gasteiger partial charge in [-0.05, 0) is 43.2 Å². The van der Waals surface area contributed by atoms with Crippen LogP contribution in [-0.4, -0.2) is 40.7 Å². The van der Waals surface area contributed by atoms with E-state index in [4.69, 9.17) is 4.74 Å². The summed E-state index contributed by atoms with van der Waals surface area (Å²) < 4.78 is 18.2. The molecule has 5 nitrogen and oxygen atoms in total. The molecule has 1 saturated heterocycles. The summed E-state index contributed by atoms with van der Waals surface area (Å²) in [4.78, 5) is 14.1. The highest BCUT2D eigenvalue weighted by molar-refractivity contribution is 5.78. The number of rotatable bonds is 4. The lowest BCUT2D eigenvalue weighted by Crippen LogP contribution is -2.41. The molecule has 1 atom stereocenters. The molecular formula is C16H18FN3O2. The van der Waals surface area contributed by atoms with E-state index in [1.807, 2.05) is 11.0 Å². The maximum Gasteiger partial charge on any atom is 0.260 e. The van der Waals surface area contributed by atoms with Gasteiger partial charge < -0.3 is 9.64 Å². The van der Waals surface area contributed by atoms with Crippen LogP contribution < -0.4 is 4.74 Å². The van der Waals surface area contributed by atoms with Crippen LogP contribution in [0, 0.1) is 5.82 Å². The molecule has 22 heavy (non-hydrogen) atoms. The number of hydrogen-bond donors (Lipinski definition) is 1. The van der Waals surface area contributed by atoms with Crippen LogP contribution >= 0.6 is 0 Å². The van der Waals surface area contributed by atoms with Crippen LogP contribution in [0.4, 0.5) is 4.39 Å². The van der Waals surface area contributed by atoms with Crippen molar-refractivity contribution in [2.24, 2.45) is 0 Å². The summed E-state index contributed by atoms with van der Waals surface area (Å²) in [6.07, 6.45) is 3.74. The number of piperidine rings is 1. The summed E-state index contributed by atoms with van der Waals surface area (Å²) in [5.41, 5.74) is 1.07. The molecule has 1 aliphatic heterocycles. The molecule has 1 aliphatic rings. The maximum atomic E-state index is 12.8. The van der Waals surface area contributed by atoms with Crippen molar-refractivity contribution in [2.45, 2.75) is 18.8 Å². The third-order valence-corrected chi connectivity index (χ3v) is 3.91. The Morgan fingerprint density at radius 1 is 1.36 bits per heavy atom. The van der Waals surface area contributed by atoms with Gasteiger partial charge in [0.25, 0.3) is 5.91 Å². The van der Waals surface area contributed by atoms with E-state index in [9.17, 15) is 9.18 Å². The lowest BCUT2D eigenvalue weighted by atomic mass is 9.95. The largest absolute Gasteiger partial charge is 0.484 e. The van der Waals surface area contributed by atoms with Crippen LogP contribution in [0.2, 0.25) is 0 Å². The molecule has 2 heterocycles. The minimum atomic E-state index is -0.322. The number of benzene rings is 1. The summed E-state index contributed by atoms with van der Waals surface area (Å²) in [6.45, 7) is 1.39. The van der Waals surface area contributed by atoms with Gasteiger partial charge in [-0.3, -0.25) is 9.89 Å². The minimum Gasteiger partial charge on any atom is -0.484 e. The number of aromatic nitrogens is 2. The van der Waals surface area contributed by atoms with Gasteiger partial charge >= 0.3 is 0 Å². The minimum absolute atomic E-state index is 0.0265. The number of hydrogen-bond acceptors (Lipinski definition) is 3. The van der Waals surface area contributed by atoms with Crippen LogP contribution in [0.25, 0.3) is 0 Å². The second-order valence-corrected chi connectivity index (χ2v) is 5.43. The van der Waals surface area contributed by atoms with Crippen LogP contribution in [0.5, 0.6) is 5.75 Å². The fourth-order valence-electron chi connectivity index (χ4n) is 2.72. The highest BCUT2D eigenvalue weighted by Gasteiger charge is 2.25. The number of ether oxygens (including phenoxy) is 1. The van der Waals surface area contributed by atoms with Gasteiger partial charge in [0.1, 0.15) is 11.6 Å². The van der Waals surface area contributed by atoms with Crippen molar-refractivity contribution >= 4 is 5.91 Å². The van der Waals surface area contributed by atoms with Crippen LogP contribution in [0.3, 0.4) is 0 Å². The van der Waals surface area contributed by atoms with E-state index in [1.54, 1.807) is 6.20 Å².